The normalized spacial score (nSPS) is 10.6. The van der Waals surface area contributed by atoms with Crippen molar-refractivity contribution in [1.29, 1.82) is 0 Å². The first kappa shape index (κ1) is 9.21. The zero-order valence-corrected chi connectivity index (χ0v) is 8.73. The van der Waals surface area contributed by atoms with Gasteiger partial charge in [-0.15, -0.1) is 11.3 Å². The lowest BCUT2D eigenvalue weighted by atomic mass is 10.0. The molecular formula is C11H11NOS. The zero-order chi connectivity index (χ0) is 10.1. The Hall–Kier alpha value is -1.35. The van der Waals surface area contributed by atoms with Gasteiger partial charge in [-0.3, -0.25) is 4.79 Å². The van der Waals surface area contributed by atoms with E-state index in [1.165, 1.54) is 0 Å². The Morgan fingerprint density at radius 3 is 3.00 bits per heavy atom. The van der Waals surface area contributed by atoms with Crippen LogP contribution in [0.2, 0.25) is 0 Å². The van der Waals surface area contributed by atoms with E-state index in [4.69, 9.17) is 5.73 Å². The number of anilines is 1. The van der Waals surface area contributed by atoms with E-state index >= 15 is 0 Å². The molecule has 0 saturated carbocycles. The third-order valence-corrected chi connectivity index (χ3v) is 3.36. The third kappa shape index (κ3) is 1.21. The number of hydrogen-bond donors (Lipinski definition) is 1. The summed E-state index contributed by atoms with van der Waals surface area (Å²) >= 11 is 1.56. The number of carbonyl (C=O) groups is 1. The molecule has 0 bridgehead atoms. The van der Waals surface area contributed by atoms with E-state index in [0.717, 1.165) is 39.6 Å². The molecule has 2 aromatic rings. The smallest absolute Gasteiger partial charge is 0.151 e. The first-order valence-electron chi connectivity index (χ1n) is 4.51. The predicted octanol–water partition coefficient (Wildman–Crippen LogP) is 2.86. The Morgan fingerprint density at radius 1 is 1.57 bits per heavy atom. The van der Waals surface area contributed by atoms with Crippen LogP contribution in [0.3, 0.4) is 0 Å². The molecule has 0 saturated heterocycles. The van der Waals surface area contributed by atoms with Crippen LogP contribution in [0.25, 0.3) is 10.1 Å². The minimum absolute atomic E-state index is 0.751. The SMILES string of the molecule is CCc1cc(C=O)c2sccc2c1N. The third-order valence-electron chi connectivity index (χ3n) is 2.40. The quantitative estimate of drug-likeness (QED) is 0.605. The number of aryl methyl sites for hydroxylation is 1. The van der Waals surface area contributed by atoms with Gasteiger partial charge in [0.15, 0.2) is 6.29 Å². The molecular weight excluding hydrogens is 194 g/mol. The molecule has 0 aliphatic rings. The second-order valence-electron chi connectivity index (χ2n) is 3.17. The number of nitrogens with two attached hydrogens (primary N) is 1. The molecule has 0 aliphatic carbocycles. The van der Waals surface area contributed by atoms with Gasteiger partial charge in [-0.2, -0.15) is 0 Å². The van der Waals surface area contributed by atoms with E-state index < -0.39 is 0 Å². The molecule has 1 heterocycles. The molecule has 3 heteroatoms. The van der Waals surface area contributed by atoms with Crippen LogP contribution in [-0.4, -0.2) is 6.29 Å². The molecule has 2 nitrogen and oxygen atoms in total. The van der Waals surface area contributed by atoms with Crippen LogP contribution >= 0.6 is 11.3 Å². The van der Waals surface area contributed by atoms with Crippen molar-refractivity contribution >= 4 is 33.4 Å². The Balaban J connectivity index is 2.86. The molecule has 1 aromatic heterocycles. The van der Waals surface area contributed by atoms with Gasteiger partial charge in [-0.25, -0.2) is 0 Å². The van der Waals surface area contributed by atoms with Crippen molar-refractivity contribution in [3.05, 3.63) is 28.6 Å². The molecule has 14 heavy (non-hydrogen) atoms. The number of thiophene rings is 1. The monoisotopic (exact) mass is 205 g/mol. The van der Waals surface area contributed by atoms with Gasteiger partial charge in [0.05, 0.1) is 0 Å². The largest absolute Gasteiger partial charge is 0.398 e. The van der Waals surface area contributed by atoms with E-state index in [2.05, 4.69) is 0 Å². The van der Waals surface area contributed by atoms with E-state index in [1.54, 1.807) is 11.3 Å². The molecule has 0 spiro atoms. The zero-order valence-electron chi connectivity index (χ0n) is 7.91. The van der Waals surface area contributed by atoms with Gasteiger partial charge in [0, 0.05) is 21.3 Å². The molecule has 0 unspecified atom stereocenters. The van der Waals surface area contributed by atoms with Crippen molar-refractivity contribution in [2.75, 3.05) is 5.73 Å². The van der Waals surface area contributed by atoms with Crippen molar-refractivity contribution in [3.8, 4) is 0 Å². The van der Waals surface area contributed by atoms with Crippen LogP contribution in [0, 0.1) is 0 Å². The number of fused-ring (bicyclic) bond motifs is 1. The number of carbonyl (C=O) groups excluding carboxylic acids is 1. The second-order valence-corrected chi connectivity index (χ2v) is 4.09. The summed E-state index contributed by atoms with van der Waals surface area (Å²) in [5, 5.41) is 2.98. The predicted molar refractivity (Wildman–Crippen MR) is 61.0 cm³/mol. The minimum atomic E-state index is 0.751. The Kier molecular flexibility index (Phi) is 2.25. The Labute approximate surface area is 86.3 Å². The molecule has 0 radical (unpaired) electrons. The highest BCUT2D eigenvalue weighted by Crippen LogP contribution is 2.31. The van der Waals surface area contributed by atoms with Crippen LogP contribution in [-0.2, 0) is 6.42 Å². The number of aldehydes is 1. The van der Waals surface area contributed by atoms with Crippen LogP contribution in [0.1, 0.15) is 22.8 Å². The standard InChI is InChI=1S/C11H11NOS/c1-2-7-5-8(6-13)11-9(10(7)12)3-4-14-11/h3-6H,2,12H2,1H3. The van der Waals surface area contributed by atoms with Gasteiger partial charge in [0.2, 0.25) is 0 Å². The molecule has 2 N–H and O–H groups in total. The fraction of sp³-hybridized carbons (Fsp3) is 0.182. The molecule has 0 atom stereocenters. The summed E-state index contributed by atoms with van der Waals surface area (Å²) in [7, 11) is 0. The highest BCUT2D eigenvalue weighted by molar-refractivity contribution is 7.17. The van der Waals surface area contributed by atoms with Crippen molar-refractivity contribution in [2.24, 2.45) is 0 Å². The van der Waals surface area contributed by atoms with Gasteiger partial charge in [-0.1, -0.05) is 6.92 Å². The number of hydrogen-bond acceptors (Lipinski definition) is 3. The summed E-state index contributed by atoms with van der Waals surface area (Å²) in [4.78, 5) is 10.9. The minimum Gasteiger partial charge on any atom is -0.398 e. The van der Waals surface area contributed by atoms with Gasteiger partial charge in [0.25, 0.3) is 0 Å². The van der Waals surface area contributed by atoms with Crippen molar-refractivity contribution in [3.63, 3.8) is 0 Å². The summed E-state index contributed by atoms with van der Waals surface area (Å²) in [5.41, 5.74) is 8.61. The summed E-state index contributed by atoms with van der Waals surface area (Å²) in [6, 6.07) is 3.86. The van der Waals surface area contributed by atoms with E-state index in [9.17, 15) is 4.79 Å². The lowest BCUT2D eigenvalue weighted by Crippen LogP contribution is -1.95. The van der Waals surface area contributed by atoms with Crippen molar-refractivity contribution < 1.29 is 4.79 Å². The topological polar surface area (TPSA) is 43.1 Å². The summed E-state index contributed by atoms with van der Waals surface area (Å²) in [5.74, 6) is 0. The average Bonchev–Trinajstić information content (AvgIpc) is 2.68. The van der Waals surface area contributed by atoms with Crippen LogP contribution < -0.4 is 5.73 Å². The average molecular weight is 205 g/mol. The molecule has 0 fully saturated rings. The molecule has 72 valence electrons. The Morgan fingerprint density at radius 2 is 2.36 bits per heavy atom. The summed E-state index contributed by atoms with van der Waals surface area (Å²) < 4.78 is 0.995. The molecule has 2 rings (SSSR count). The van der Waals surface area contributed by atoms with Crippen LogP contribution in [0.4, 0.5) is 5.69 Å². The maximum Gasteiger partial charge on any atom is 0.151 e. The van der Waals surface area contributed by atoms with Crippen LogP contribution in [0.15, 0.2) is 17.5 Å². The van der Waals surface area contributed by atoms with E-state index in [-0.39, 0.29) is 0 Å². The van der Waals surface area contributed by atoms with E-state index in [1.807, 2.05) is 24.4 Å². The molecule has 0 aliphatic heterocycles. The fourth-order valence-corrected chi connectivity index (χ4v) is 2.52. The van der Waals surface area contributed by atoms with Gasteiger partial charge >= 0.3 is 0 Å². The maximum absolute atomic E-state index is 10.9. The van der Waals surface area contributed by atoms with Crippen molar-refractivity contribution in [2.45, 2.75) is 13.3 Å². The number of benzene rings is 1. The van der Waals surface area contributed by atoms with Gasteiger partial charge in [0.1, 0.15) is 0 Å². The van der Waals surface area contributed by atoms with Gasteiger partial charge in [-0.05, 0) is 29.5 Å². The highest BCUT2D eigenvalue weighted by Gasteiger charge is 2.08. The van der Waals surface area contributed by atoms with Gasteiger partial charge < -0.3 is 5.73 Å². The van der Waals surface area contributed by atoms with Crippen LogP contribution in [0.5, 0.6) is 0 Å². The first-order valence-corrected chi connectivity index (χ1v) is 5.39. The molecule has 0 amide bonds. The summed E-state index contributed by atoms with van der Waals surface area (Å²) in [6.45, 7) is 2.04. The highest BCUT2D eigenvalue weighted by atomic mass is 32.1. The summed E-state index contributed by atoms with van der Waals surface area (Å²) in [6.07, 6.45) is 1.76. The first-order chi connectivity index (χ1) is 6.77. The second kappa shape index (κ2) is 3.42. The Bertz CT molecular complexity index is 487. The molecule has 1 aromatic carbocycles. The number of nitrogen functional groups attached to an aromatic ring is 1. The van der Waals surface area contributed by atoms with E-state index in [0.29, 0.717) is 0 Å². The lowest BCUT2D eigenvalue weighted by Gasteiger charge is -2.05. The number of rotatable bonds is 2. The maximum atomic E-state index is 10.9. The fourth-order valence-electron chi connectivity index (χ4n) is 1.63. The lowest BCUT2D eigenvalue weighted by molar-refractivity contribution is 0.112. The van der Waals surface area contributed by atoms with Crippen molar-refractivity contribution in [1.82, 2.24) is 0 Å².